The van der Waals surface area contributed by atoms with Crippen LogP contribution in [-0.2, 0) is 4.79 Å². The molecule has 0 radical (unpaired) electrons. The Hall–Kier alpha value is -2.11. The third-order valence-corrected chi connectivity index (χ3v) is 3.60. The minimum atomic E-state index is -0.798. The van der Waals surface area contributed by atoms with Crippen molar-refractivity contribution in [2.75, 3.05) is 11.9 Å². The molecule has 1 aliphatic carbocycles. The number of benzene rings is 1. The molecule has 6 heteroatoms. The Balaban J connectivity index is 1.80. The number of rotatable bonds is 4. The van der Waals surface area contributed by atoms with Gasteiger partial charge in [-0.3, -0.25) is 4.79 Å². The van der Waals surface area contributed by atoms with Gasteiger partial charge in [0.15, 0.2) is 0 Å². The number of amides is 2. The fourth-order valence-electron chi connectivity index (χ4n) is 2.54. The first-order valence-electron chi connectivity index (χ1n) is 6.59. The van der Waals surface area contributed by atoms with Gasteiger partial charge in [0.05, 0.1) is 5.92 Å². The molecule has 1 fully saturated rings. The molecule has 1 aromatic carbocycles. The van der Waals surface area contributed by atoms with Gasteiger partial charge in [-0.25, -0.2) is 9.18 Å². The lowest BCUT2D eigenvalue weighted by Gasteiger charge is -2.16. The van der Waals surface area contributed by atoms with Crippen molar-refractivity contribution >= 4 is 17.7 Å². The van der Waals surface area contributed by atoms with Crippen LogP contribution in [0.25, 0.3) is 0 Å². The van der Waals surface area contributed by atoms with E-state index in [2.05, 4.69) is 10.6 Å². The largest absolute Gasteiger partial charge is 0.481 e. The zero-order chi connectivity index (χ0) is 14.5. The van der Waals surface area contributed by atoms with Gasteiger partial charge in [0.25, 0.3) is 0 Å². The van der Waals surface area contributed by atoms with Crippen molar-refractivity contribution in [3.8, 4) is 0 Å². The highest BCUT2D eigenvalue weighted by Crippen LogP contribution is 2.31. The summed E-state index contributed by atoms with van der Waals surface area (Å²) >= 11 is 0. The van der Waals surface area contributed by atoms with Gasteiger partial charge < -0.3 is 15.7 Å². The number of hydrogen-bond donors (Lipinski definition) is 3. The average molecular weight is 280 g/mol. The van der Waals surface area contributed by atoms with Gasteiger partial charge in [-0.2, -0.15) is 0 Å². The first-order valence-corrected chi connectivity index (χ1v) is 6.59. The van der Waals surface area contributed by atoms with Gasteiger partial charge in [-0.1, -0.05) is 6.42 Å². The van der Waals surface area contributed by atoms with Crippen LogP contribution >= 0.6 is 0 Å². The van der Waals surface area contributed by atoms with E-state index < -0.39 is 12.0 Å². The molecule has 1 aromatic rings. The molecule has 5 nitrogen and oxygen atoms in total. The quantitative estimate of drug-likeness (QED) is 0.792. The number of carbonyl (C=O) groups is 2. The smallest absolute Gasteiger partial charge is 0.319 e. The van der Waals surface area contributed by atoms with Gasteiger partial charge in [-0.15, -0.1) is 0 Å². The lowest BCUT2D eigenvalue weighted by Crippen LogP contribution is -2.35. The highest BCUT2D eigenvalue weighted by molar-refractivity contribution is 5.89. The summed E-state index contributed by atoms with van der Waals surface area (Å²) in [7, 11) is 0. The van der Waals surface area contributed by atoms with E-state index in [1.807, 2.05) is 0 Å². The summed E-state index contributed by atoms with van der Waals surface area (Å²) in [6.45, 7) is 0.337. The van der Waals surface area contributed by atoms with Crippen molar-refractivity contribution in [2.45, 2.75) is 19.3 Å². The number of nitrogens with one attached hydrogen (secondary N) is 2. The van der Waals surface area contributed by atoms with Gasteiger partial charge in [0.1, 0.15) is 5.82 Å². The fraction of sp³-hybridized carbons (Fsp3) is 0.429. The van der Waals surface area contributed by atoms with Gasteiger partial charge >= 0.3 is 12.0 Å². The summed E-state index contributed by atoms with van der Waals surface area (Å²) < 4.78 is 12.7. The zero-order valence-electron chi connectivity index (χ0n) is 10.9. The maximum Gasteiger partial charge on any atom is 0.319 e. The summed E-state index contributed by atoms with van der Waals surface area (Å²) in [5.74, 6) is -1.56. The Morgan fingerprint density at radius 1 is 1.25 bits per heavy atom. The fourth-order valence-corrected chi connectivity index (χ4v) is 2.54. The predicted molar refractivity (Wildman–Crippen MR) is 71.9 cm³/mol. The van der Waals surface area contributed by atoms with Crippen LogP contribution in [0.3, 0.4) is 0 Å². The summed E-state index contributed by atoms with van der Waals surface area (Å²) in [5.41, 5.74) is 0.491. The second-order valence-electron chi connectivity index (χ2n) is 4.98. The monoisotopic (exact) mass is 280 g/mol. The molecule has 20 heavy (non-hydrogen) atoms. The Morgan fingerprint density at radius 2 is 1.95 bits per heavy atom. The molecule has 0 heterocycles. The summed E-state index contributed by atoms with van der Waals surface area (Å²) in [4.78, 5) is 22.7. The van der Waals surface area contributed by atoms with E-state index in [4.69, 9.17) is 5.11 Å². The molecule has 0 saturated heterocycles. The normalized spacial score (nSPS) is 21.4. The summed E-state index contributed by atoms with van der Waals surface area (Å²) in [6.07, 6.45) is 2.36. The highest BCUT2D eigenvalue weighted by Gasteiger charge is 2.32. The molecule has 2 atom stereocenters. The van der Waals surface area contributed by atoms with Crippen LogP contribution < -0.4 is 10.6 Å². The zero-order valence-corrected chi connectivity index (χ0v) is 10.9. The van der Waals surface area contributed by atoms with Gasteiger partial charge in [0, 0.05) is 12.2 Å². The van der Waals surface area contributed by atoms with Crippen LogP contribution in [0, 0.1) is 17.7 Å². The topological polar surface area (TPSA) is 78.4 Å². The van der Waals surface area contributed by atoms with Crippen molar-refractivity contribution < 1.29 is 19.1 Å². The highest BCUT2D eigenvalue weighted by atomic mass is 19.1. The number of anilines is 1. The number of carbonyl (C=O) groups excluding carboxylic acids is 1. The van der Waals surface area contributed by atoms with Crippen molar-refractivity contribution in [1.82, 2.24) is 5.32 Å². The molecule has 2 rings (SSSR count). The molecule has 0 spiro atoms. The molecule has 3 N–H and O–H groups in total. The van der Waals surface area contributed by atoms with Crippen molar-refractivity contribution in [1.29, 1.82) is 0 Å². The molecule has 1 aliphatic rings. The molecule has 108 valence electrons. The maximum absolute atomic E-state index is 12.7. The predicted octanol–water partition coefficient (Wildman–Crippen LogP) is 2.45. The van der Waals surface area contributed by atoms with E-state index in [-0.39, 0.29) is 17.7 Å². The minimum Gasteiger partial charge on any atom is -0.481 e. The van der Waals surface area contributed by atoms with Crippen molar-refractivity contribution in [3.05, 3.63) is 30.1 Å². The molecule has 2 amide bonds. The Bertz CT molecular complexity index is 490. The second-order valence-corrected chi connectivity index (χ2v) is 4.98. The lowest BCUT2D eigenvalue weighted by atomic mass is 9.96. The van der Waals surface area contributed by atoms with Crippen LogP contribution in [0.1, 0.15) is 19.3 Å². The minimum absolute atomic E-state index is 0.0218. The molecular formula is C14H17FN2O3. The van der Waals surface area contributed by atoms with Crippen LogP contribution in [-0.4, -0.2) is 23.7 Å². The Kier molecular flexibility index (Phi) is 4.55. The van der Waals surface area contributed by atoms with Gasteiger partial charge in [-0.05, 0) is 43.0 Å². The van der Waals surface area contributed by atoms with E-state index in [1.165, 1.54) is 24.3 Å². The molecule has 1 saturated carbocycles. The Labute approximate surface area is 116 Å². The van der Waals surface area contributed by atoms with Gasteiger partial charge in [0.2, 0.25) is 0 Å². The van der Waals surface area contributed by atoms with Crippen LogP contribution in [0.4, 0.5) is 14.9 Å². The summed E-state index contributed by atoms with van der Waals surface area (Å²) in [6, 6.07) is 5.03. The average Bonchev–Trinajstić information content (AvgIpc) is 2.88. The molecule has 0 aliphatic heterocycles. The number of carboxylic acid groups (broad SMARTS) is 1. The SMILES string of the molecule is O=C(NCC1CCCC1C(=O)O)Nc1ccc(F)cc1. The molecular weight excluding hydrogens is 263 g/mol. The lowest BCUT2D eigenvalue weighted by molar-refractivity contribution is -0.142. The standard InChI is InChI=1S/C14H17FN2O3/c15-10-4-6-11(7-5-10)17-14(20)16-8-9-2-1-3-12(9)13(18)19/h4-7,9,12H,1-3,8H2,(H,18,19)(H2,16,17,20). The van der Waals surface area contributed by atoms with E-state index in [0.29, 0.717) is 18.7 Å². The number of urea groups is 1. The number of halogens is 1. The number of carboxylic acids is 1. The Morgan fingerprint density at radius 3 is 2.60 bits per heavy atom. The van der Waals surface area contributed by atoms with Crippen LogP contribution in [0.2, 0.25) is 0 Å². The first-order chi connectivity index (χ1) is 9.56. The van der Waals surface area contributed by atoms with Crippen molar-refractivity contribution in [3.63, 3.8) is 0 Å². The van der Waals surface area contributed by atoms with Crippen molar-refractivity contribution in [2.24, 2.45) is 11.8 Å². The van der Waals surface area contributed by atoms with E-state index in [9.17, 15) is 14.0 Å². The third kappa shape index (κ3) is 3.69. The van der Waals surface area contributed by atoms with E-state index >= 15 is 0 Å². The van der Waals surface area contributed by atoms with Crippen LogP contribution in [0.15, 0.2) is 24.3 Å². The maximum atomic E-state index is 12.7. The molecule has 0 aromatic heterocycles. The third-order valence-electron chi connectivity index (χ3n) is 3.60. The first kappa shape index (κ1) is 14.3. The molecule has 2 unspecified atom stereocenters. The summed E-state index contributed by atoms with van der Waals surface area (Å²) in [5, 5.41) is 14.3. The number of hydrogen-bond acceptors (Lipinski definition) is 2. The number of aliphatic carboxylic acids is 1. The van der Waals surface area contributed by atoms with E-state index in [1.54, 1.807) is 0 Å². The van der Waals surface area contributed by atoms with E-state index in [0.717, 1.165) is 12.8 Å². The second kappa shape index (κ2) is 6.36. The van der Waals surface area contributed by atoms with Crippen LogP contribution in [0.5, 0.6) is 0 Å². The molecule has 0 bridgehead atoms.